The number of fused-ring (bicyclic) bond motifs is 1. The van der Waals surface area contributed by atoms with Gasteiger partial charge < -0.3 is 9.73 Å². The maximum absolute atomic E-state index is 5.64. The first-order valence-corrected chi connectivity index (χ1v) is 8.58. The number of nitrogens with one attached hydrogen (secondary N) is 1. The van der Waals surface area contributed by atoms with E-state index in [2.05, 4.69) is 42.0 Å². The lowest BCUT2D eigenvalue weighted by Gasteiger charge is -2.34. The van der Waals surface area contributed by atoms with Crippen molar-refractivity contribution < 1.29 is 4.42 Å². The highest BCUT2D eigenvalue weighted by Crippen LogP contribution is 2.45. The molecule has 0 spiro atoms. The summed E-state index contributed by atoms with van der Waals surface area (Å²) in [5, 5.41) is 4.58. The van der Waals surface area contributed by atoms with Gasteiger partial charge in [0.15, 0.2) is 15.4 Å². The molecule has 1 aliphatic rings. The monoisotopic (exact) mass is 354 g/mol. The molecule has 1 atom stereocenters. The van der Waals surface area contributed by atoms with Crippen LogP contribution in [0.2, 0.25) is 0 Å². The first-order chi connectivity index (χ1) is 9.48. The highest BCUT2D eigenvalue weighted by molar-refractivity contribution is 9.10. The minimum Gasteiger partial charge on any atom is -0.447 e. The second-order valence-corrected chi connectivity index (χ2v) is 7.90. The van der Waals surface area contributed by atoms with Gasteiger partial charge in [-0.15, -0.1) is 11.3 Å². The fourth-order valence-electron chi connectivity index (χ4n) is 2.88. The lowest BCUT2D eigenvalue weighted by atomic mass is 9.76. The fraction of sp³-hybridized carbons (Fsp3) is 0.533. The van der Waals surface area contributed by atoms with Gasteiger partial charge >= 0.3 is 0 Å². The van der Waals surface area contributed by atoms with Gasteiger partial charge in [0, 0.05) is 10.9 Å². The molecule has 1 N–H and O–H groups in total. The minimum atomic E-state index is 0.301. The summed E-state index contributed by atoms with van der Waals surface area (Å²) in [4.78, 5) is 6.21. The molecule has 0 aromatic carbocycles. The van der Waals surface area contributed by atoms with Crippen LogP contribution in [0.4, 0.5) is 0 Å². The predicted octanol–water partition coefficient (Wildman–Crippen LogP) is 4.79. The second-order valence-electron chi connectivity index (χ2n) is 6.09. The molecular formula is C15H19BrN2OS. The Morgan fingerprint density at radius 2 is 2.30 bits per heavy atom. The van der Waals surface area contributed by atoms with Crippen LogP contribution in [0.15, 0.2) is 21.2 Å². The zero-order chi connectivity index (χ0) is 14.3. The molecule has 20 heavy (non-hydrogen) atoms. The van der Waals surface area contributed by atoms with Crippen LogP contribution < -0.4 is 5.32 Å². The van der Waals surface area contributed by atoms with Gasteiger partial charge in [-0.3, -0.25) is 0 Å². The number of thiazole rings is 1. The van der Waals surface area contributed by atoms with Gasteiger partial charge in [-0.2, -0.15) is 0 Å². The Balaban J connectivity index is 1.99. The molecule has 0 amide bonds. The quantitative estimate of drug-likeness (QED) is 0.860. The van der Waals surface area contributed by atoms with Crippen LogP contribution in [0, 0.1) is 5.41 Å². The van der Waals surface area contributed by atoms with E-state index >= 15 is 0 Å². The van der Waals surface area contributed by atoms with E-state index in [1.54, 1.807) is 11.3 Å². The second kappa shape index (κ2) is 5.28. The normalized spacial score (nSPS) is 20.9. The number of hydrogen-bond acceptors (Lipinski definition) is 4. The van der Waals surface area contributed by atoms with Crippen molar-refractivity contribution in [2.75, 3.05) is 6.54 Å². The largest absolute Gasteiger partial charge is 0.447 e. The lowest BCUT2D eigenvalue weighted by Crippen LogP contribution is -2.32. The van der Waals surface area contributed by atoms with Crippen LogP contribution >= 0.6 is 27.3 Å². The summed E-state index contributed by atoms with van der Waals surface area (Å²) in [5.74, 6) is 0.851. The molecule has 1 aliphatic carbocycles. The van der Waals surface area contributed by atoms with Crippen LogP contribution in [-0.2, 0) is 6.42 Å². The Hall–Kier alpha value is -0.650. The van der Waals surface area contributed by atoms with Crippen molar-refractivity contribution in [3.8, 4) is 10.8 Å². The summed E-state index contributed by atoms with van der Waals surface area (Å²) in [7, 11) is 0. The van der Waals surface area contributed by atoms with Gasteiger partial charge in [0.2, 0.25) is 0 Å². The highest BCUT2D eigenvalue weighted by atomic mass is 79.9. The van der Waals surface area contributed by atoms with E-state index in [1.807, 2.05) is 12.1 Å². The van der Waals surface area contributed by atoms with Crippen LogP contribution in [-0.4, -0.2) is 11.5 Å². The fourth-order valence-corrected chi connectivity index (χ4v) is 4.30. The third kappa shape index (κ3) is 2.71. The Morgan fingerprint density at radius 1 is 1.50 bits per heavy atom. The molecule has 5 heteroatoms. The molecule has 0 saturated carbocycles. The van der Waals surface area contributed by atoms with Crippen molar-refractivity contribution >= 4 is 27.3 Å². The summed E-state index contributed by atoms with van der Waals surface area (Å²) in [6.07, 6.45) is 2.21. The van der Waals surface area contributed by atoms with Crippen molar-refractivity contribution in [2.24, 2.45) is 5.41 Å². The molecule has 1 unspecified atom stereocenters. The average molecular weight is 355 g/mol. The van der Waals surface area contributed by atoms with Crippen LogP contribution in [0.3, 0.4) is 0 Å². The zero-order valence-electron chi connectivity index (χ0n) is 12.0. The lowest BCUT2D eigenvalue weighted by molar-refractivity contribution is 0.260. The number of rotatable bonds is 3. The number of aromatic nitrogens is 1. The number of furan rings is 1. The van der Waals surface area contributed by atoms with E-state index in [0.717, 1.165) is 34.8 Å². The van der Waals surface area contributed by atoms with E-state index in [9.17, 15) is 0 Å². The zero-order valence-corrected chi connectivity index (χ0v) is 14.4. The Morgan fingerprint density at radius 3 is 2.95 bits per heavy atom. The van der Waals surface area contributed by atoms with E-state index in [-0.39, 0.29) is 0 Å². The van der Waals surface area contributed by atoms with Crippen LogP contribution in [0.5, 0.6) is 0 Å². The summed E-state index contributed by atoms with van der Waals surface area (Å²) in [5.41, 5.74) is 1.54. The molecule has 0 bridgehead atoms. The van der Waals surface area contributed by atoms with Gasteiger partial charge in [-0.25, -0.2) is 4.98 Å². The van der Waals surface area contributed by atoms with E-state index in [1.165, 1.54) is 10.6 Å². The molecular weight excluding hydrogens is 336 g/mol. The molecule has 0 fully saturated rings. The average Bonchev–Trinajstić information content (AvgIpc) is 2.94. The van der Waals surface area contributed by atoms with Gasteiger partial charge in [-0.1, -0.05) is 20.8 Å². The highest BCUT2D eigenvalue weighted by Gasteiger charge is 2.35. The summed E-state index contributed by atoms with van der Waals surface area (Å²) in [6.45, 7) is 7.79. The summed E-state index contributed by atoms with van der Waals surface area (Å²) >= 11 is 5.12. The van der Waals surface area contributed by atoms with E-state index < -0.39 is 0 Å². The summed E-state index contributed by atoms with van der Waals surface area (Å²) < 4.78 is 6.39. The molecule has 2 heterocycles. The standard InChI is InChI=1S/C15H19BrN2OS/c1-4-17-9-7-15(2,3)8-10-13(9)20-14(18-10)11-5-6-12(16)19-11/h5-6,9,17H,4,7-8H2,1-3H3. The van der Waals surface area contributed by atoms with Crippen molar-refractivity contribution in [2.45, 2.75) is 39.7 Å². The molecule has 0 radical (unpaired) electrons. The SMILES string of the molecule is CCNC1CC(C)(C)Cc2nc(-c3ccc(Br)o3)sc21. The number of hydrogen-bond donors (Lipinski definition) is 1. The maximum atomic E-state index is 5.64. The first kappa shape index (κ1) is 14.3. The molecule has 0 saturated heterocycles. The third-order valence-electron chi connectivity index (χ3n) is 3.68. The van der Waals surface area contributed by atoms with Crippen molar-refractivity contribution in [3.63, 3.8) is 0 Å². The van der Waals surface area contributed by atoms with Crippen molar-refractivity contribution in [1.82, 2.24) is 10.3 Å². The molecule has 3 rings (SSSR count). The van der Waals surface area contributed by atoms with Crippen molar-refractivity contribution in [3.05, 3.63) is 27.4 Å². The third-order valence-corrected chi connectivity index (χ3v) is 5.33. The van der Waals surface area contributed by atoms with E-state index in [4.69, 9.17) is 9.40 Å². The first-order valence-electron chi connectivity index (χ1n) is 6.97. The van der Waals surface area contributed by atoms with Gasteiger partial charge in [-0.05, 0) is 52.9 Å². The molecule has 3 nitrogen and oxygen atoms in total. The molecule has 2 aromatic rings. The predicted molar refractivity (Wildman–Crippen MR) is 86.0 cm³/mol. The van der Waals surface area contributed by atoms with Gasteiger partial charge in [0.05, 0.1) is 5.69 Å². The van der Waals surface area contributed by atoms with Gasteiger partial charge in [0.1, 0.15) is 0 Å². The molecule has 108 valence electrons. The molecule has 0 aliphatic heterocycles. The Labute approximate surface area is 131 Å². The smallest absolute Gasteiger partial charge is 0.170 e. The van der Waals surface area contributed by atoms with Crippen LogP contribution in [0.25, 0.3) is 10.8 Å². The maximum Gasteiger partial charge on any atom is 0.170 e. The number of nitrogens with zero attached hydrogens (tertiary/aromatic N) is 1. The van der Waals surface area contributed by atoms with E-state index in [0.29, 0.717) is 11.5 Å². The Kier molecular flexibility index (Phi) is 3.77. The minimum absolute atomic E-state index is 0.301. The van der Waals surface area contributed by atoms with Gasteiger partial charge in [0.25, 0.3) is 0 Å². The van der Waals surface area contributed by atoms with Crippen LogP contribution in [0.1, 0.15) is 43.8 Å². The topological polar surface area (TPSA) is 38.1 Å². The Bertz CT molecular complexity index is 617. The van der Waals surface area contributed by atoms with Crippen molar-refractivity contribution in [1.29, 1.82) is 0 Å². The number of halogens is 1. The summed E-state index contributed by atoms with van der Waals surface area (Å²) in [6, 6.07) is 4.31. The molecule has 2 aromatic heterocycles.